The van der Waals surface area contributed by atoms with Crippen molar-refractivity contribution in [2.45, 2.75) is 39.3 Å². The van der Waals surface area contributed by atoms with Crippen LogP contribution in [0.25, 0.3) is 0 Å². The van der Waals surface area contributed by atoms with Crippen LogP contribution in [0.2, 0.25) is 39.3 Å². The number of hydrogen-bond acceptors (Lipinski definition) is 0. The maximum atomic E-state index is 3.91. The van der Waals surface area contributed by atoms with Gasteiger partial charge in [0.1, 0.15) is 0 Å². The van der Waals surface area contributed by atoms with E-state index in [-0.39, 0.29) is 21.7 Å². The third kappa shape index (κ3) is 62.4. The van der Waals surface area contributed by atoms with E-state index in [0.29, 0.717) is 0 Å². The van der Waals surface area contributed by atoms with E-state index in [1.165, 1.54) is 0 Å². The van der Waals surface area contributed by atoms with Crippen molar-refractivity contribution < 1.29 is 21.7 Å². The molecule has 0 saturated heterocycles. The predicted molar refractivity (Wildman–Crippen MR) is 100 cm³/mol. The fourth-order valence-electron chi connectivity index (χ4n) is 0.642. The minimum atomic E-state index is -0.861. The topological polar surface area (TPSA) is 0 Å². The minimum absolute atomic E-state index is 0. The van der Waals surface area contributed by atoms with Crippen LogP contribution in [0.1, 0.15) is 0 Å². The van der Waals surface area contributed by atoms with Crippen molar-refractivity contribution in [3.63, 3.8) is 0 Å². The Hall–Kier alpha value is 1.15. The van der Waals surface area contributed by atoms with Gasteiger partial charge in [0, 0.05) is 0 Å². The van der Waals surface area contributed by atoms with Crippen LogP contribution in [0.3, 0.4) is 0 Å². The Morgan fingerprint density at radius 1 is 0.429 bits per heavy atom. The van der Waals surface area contributed by atoms with E-state index >= 15 is 0 Å². The zero-order valence-corrected chi connectivity index (χ0v) is 18.2. The van der Waals surface area contributed by atoms with Crippen molar-refractivity contribution in [1.29, 1.82) is 0 Å². The molecule has 0 atom stereocenters. The second-order valence-corrected chi connectivity index (χ2v) is 17.3. The molecule has 0 aliphatic heterocycles. The smallest absolute Gasteiger partial charge is 0.342 e. The van der Waals surface area contributed by atoms with Gasteiger partial charge in [-0.05, 0) is 64.2 Å². The summed E-state index contributed by atoms with van der Waals surface area (Å²) in [6.07, 6.45) is 20.0. The van der Waals surface area contributed by atoms with Crippen molar-refractivity contribution in [3.05, 3.63) is 77.3 Å². The van der Waals surface area contributed by atoms with Gasteiger partial charge in [0.15, 0.2) is 0 Å². The first kappa shape index (κ1) is 27.0. The maximum absolute atomic E-state index is 3.91. The molecule has 0 amide bonds. The minimum Gasteiger partial charge on any atom is -0.342 e. The van der Waals surface area contributed by atoms with E-state index in [4.69, 9.17) is 0 Å². The Labute approximate surface area is 154 Å². The Morgan fingerprint density at radius 3 is 0.524 bits per heavy atom. The first-order valence-corrected chi connectivity index (χ1v) is 14.5. The van der Waals surface area contributed by atoms with Crippen LogP contribution in [0.4, 0.5) is 0 Å². The molecule has 0 aromatic heterocycles. The summed E-state index contributed by atoms with van der Waals surface area (Å²) >= 11 is 0. The van der Waals surface area contributed by atoms with Crippen molar-refractivity contribution in [3.8, 4) is 0 Å². The largest absolute Gasteiger partial charge is 2.00 e. The van der Waals surface area contributed by atoms with E-state index in [0.717, 1.165) is 0 Å². The van der Waals surface area contributed by atoms with Crippen LogP contribution < -0.4 is 0 Å². The molecule has 21 heavy (non-hydrogen) atoms. The molecule has 0 unspecified atom stereocenters. The van der Waals surface area contributed by atoms with Gasteiger partial charge in [-0.25, -0.2) is 0 Å². The summed E-state index contributed by atoms with van der Waals surface area (Å²) in [7, 11) is -1.72. The fraction of sp³-hybridized carbons (Fsp3) is 0.333. The summed E-state index contributed by atoms with van der Waals surface area (Å²) in [5, 5.41) is 0. The van der Waals surface area contributed by atoms with Crippen molar-refractivity contribution in [2.75, 3.05) is 0 Å². The number of hydrogen-bond donors (Lipinski definition) is 0. The molecule has 2 fully saturated rings. The van der Waals surface area contributed by atoms with Gasteiger partial charge in [0.2, 0.25) is 0 Å². The second kappa shape index (κ2) is 16.0. The van der Waals surface area contributed by atoms with E-state index in [1.807, 2.05) is 64.2 Å². The van der Waals surface area contributed by atoms with Gasteiger partial charge in [-0.2, -0.15) is 0 Å². The zero-order chi connectivity index (χ0) is 16.1. The molecule has 10 radical (unpaired) electrons. The van der Waals surface area contributed by atoms with Crippen LogP contribution >= 0.6 is 0 Å². The summed E-state index contributed by atoms with van der Waals surface area (Å²) in [4.78, 5) is 0. The van der Waals surface area contributed by atoms with Crippen molar-refractivity contribution >= 4 is 16.1 Å². The Balaban J connectivity index is -0.000000202. The molecule has 116 valence electrons. The first-order valence-electron chi connectivity index (χ1n) is 7.04. The predicted octanol–water partition coefficient (Wildman–Crippen LogP) is 5.44. The molecule has 0 nitrogen and oxygen atoms in total. The summed E-state index contributed by atoms with van der Waals surface area (Å²) in [5.74, 6) is 0. The Kier molecular flexibility index (Phi) is 20.6. The SMILES string of the molecule is [CH2-][Si](C)(C)C.[CH2-][Si](C)(C)C.[CH]1[CH][CH][CH][CH]1.[CH]1[CH][CH][CH][CH]1.[Ti+2]. The Bertz CT molecular complexity index is 135. The summed E-state index contributed by atoms with van der Waals surface area (Å²) in [6.45, 7) is 21.1. The molecule has 2 aliphatic rings. The van der Waals surface area contributed by atoms with Gasteiger partial charge < -0.3 is 13.1 Å². The average Bonchev–Trinajstić information content (AvgIpc) is 2.92. The van der Waals surface area contributed by atoms with E-state index < -0.39 is 16.1 Å². The summed E-state index contributed by atoms with van der Waals surface area (Å²) in [6, 6.07) is 0. The van der Waals surface area contributed by atoms with Gasteiger partial charge >= 0.3 is 21.7 Å². The van der Waals surface area contributed by atoms with Gasteiger partial charge in [0.25, 0.3) is 0 Å². The van der Waals surface area contributed by atoms with Gasteiger partial charge in [0.05, 0.1) is 0 Å². The molecule has 0 aromatic carbocycles. The van der Waals surface area contributed by atoms with Gasteiger partial charge in [-0.15, -0.1) is 16.1 Å². The van der Waals surface area contributed by atoms with Crippen LogP contribution in [0, 0.1) is 77.3 Å². The first-order chi connectivity index (χ1) is 9.00. The van der Waals surface area contributed by atoms with E-state index in [9.17, 15) is 0 Å². The average molecular weight is 352 g/mol. The molecule has 3 heteroatoms. The zero-order valence-electron chi connectivity index (χ0n) is 14.7. The number of rotatable bonds is 0. The molecule has 0 aromatic rings. The molecule has 2 saturated carbocycles. The molecular weight excluding hydrogens is 320 g/mol. The molecule has 0 N–H and O–H groups in total. The van der Waals surface area contributed by atoms with Crippen LogP contribution in [0.5, 0.6) is 0 Å². The third-order valence-corrected chi connectivity index (χ3v) is 1.11. The normalized spacial score (nSPS) is 17.1. The molecule has 0 spiro atoms. The van der Waals surface area contributed by atoms with Crippen LogP contribution in [0.15, 0.2) is 0 Å². The quantitative estimate of drug-likeness (QED) is 0.402. The summed E-state index contributed by atoms with van der Waals surface area (Å²) < 4.78 is 0. The van der Waals surface area contributed by atoms with Crippen molar-refractivity contribution in [1.82, 2.24) is 0 Å². The van der Waals surface area contributed by atoms with Crippen LogP contribution in [-0.4, -0.2) is 16.1 Å². The molecule has 2 rings (SSSR count). The Morgan fingerprint density at radius 2 is 0.476 bits per heavy atom. The maximum Gasteiger partial charge on any atom is 2.00 e. The third-order valence-electron chi connectivity index (χ3n) is 1.11. The molecule has 0 heterocycles. The van der Waals surface area contributed by atoms with Gasteiger partial charge in [-0.3, -0.25) is 0 Å². The van der Waals surface area contributed by atoms with Gasteiger partial charge in [-0.1, -0.05) is 39.3 Å². The standard InChI is InChI=1S/2C5H5.2C4H11Si.Ti/c2*1-2-4-5-3-1;2*1-5(2,3)4;/h2*1-5H;2*1H2,2-4H3;/q;;2*-1;+2. The van der Waals surface area contributed by atoms with Crippen molar-refractivity contribution in [2.24, 2.45) is 0 Å². The monoisotopic (exact) mass is 352 g/mol. The summed E-state index contributed by atoms with van der Waals surface area (Å²) in [5.41, 5.74) is 0. The molecule has 0 bridgehead atoms. The fourth-order valence-corrected chi connectivity index (χ4v) is 0.642. The molecule has 2 aliphatic carbocycles. The second-order valence-electron chi connectivity index (χ2n) is 7.05. The molecular formula is C18H32Si2Ti. The van der Waals surface area contributed by atoms with Crippen LogP contribution in [-0.2, 0) is 21.7 Å². The van der Waals surface area contributed by atoms with E-state index in [2.05, 4.69) is 52.4 Å². The van der Waals surface area contributed by atoms with E-state index in [1.54, 1.807) is 0 Å².